The molecule has 0 aliphatic carbocycles. The van der Waals surface area contributed by atoms with Crippen molar-refractivity contribution < 1.29 is 19.1 Å². The summed E-state index contributed by atoms with van der Waals surface area (Å²) in [6, 6.07) is 23.2. The second kappa shape index (κ2) is 12.4. The first-order valence-electron chi connectivity index (χ1n) is 11.2. The number of ketones is 1. The number of amides is 2. The minimum absolute atomic E-state index is 0.120. The largest absolute Gasteiger partial charge is 0.364 e. The monoisotopic (exact) mass is 459 g/mol. The van der Waals surface area contributed by atoms with Crippen molar-refractivity contribution in [2.75, 3.05) is 0 Å². The fourth-order valence-corrected chi connectivity index (χ4v) is 3.33. The van der Waals surface area contributed by atoms with Crippen LogP contribution in [0.2, 0.25) is 0 Å². The molecule has 0 fully saturated rings. The van der Waals surface area contributed by atoms with Gasteiger partial charge in [0, 0.05) is 12.1 Å². The van der Waals surface area contributed by atoms with Crippen molar-refractivity contribution in [3.63, 3.8) is 0 Å². The Morgan fingerprint density at radius 1 is 0.882 bits per heavy atom. The summed E-state index contributed by atoms with van der Waals surface area (Å²) in [7, 11) is 0. The molecule has 0 saturated carbocycles. The van der Waals surface area contributed by atoms with Crippen LogP contribution in [0.25, 0.3) is 0 Å². The van der Waals surface area contributed by atoms with Gasteiger partial charge in [0.2, 0.25) is 11.7 Å². The highest BCUT2D eigenvalue weighted by molar-refractivity contribution is 6.38. The van der Waals surface area contributed by atoms with Crippen LogP contribution in [0, 0.1) is 6.92 Å². The highest BCUT2D eigenvalue weighted by Gasteiger charge is 2.29. The average Bonchev–Trinajstić information content (AvgIpc) is 2.86. The Bertz CT molecular complexity index is 1100. The number of Topliss-reactive ketones (excluding diaryl/α,β-unsaturated/α-hetero) is 1. The van der Waals surface area contributed by atoms with E-state index >= 15 is 0 Å². The Kier molecular flexibility index (Phi) is 9.05. The fourth-order valence-electron chi connectivity index (χ4n) is 3.33. The van der Waals surface area contributed by atoms with E-state index in [-0.39, 0.29) is 19.6 Å². The van der Waals surface area contributed by atoms with Crippen molar-refractivity contribution in [1.82, 2.24) is 15.6 Å². The molecule has 3 rings (SSSR count). The molecule has 0 aliphatic heterocycles. The molecular formula is C27H29N3O4. The van der Waals surface area contributed by atoms with Crippen LogP contribution < -0.4 is 10.6 Å². The van der Waals surface area contributed by atoms with Crippen LogP contribution in [0.3, 0.4) is 0 Å². The number of rotatable bonds is 11. The maximum absolute atomic E-state index is 13.0. The summed E-state index contributed by atoms with van der Waals surface area (Å²) in [6.45, 7) is 3.85. The van der Waals surface area contributed by atoms with Crippen LogP contribution in [0.1, 0.15) is 29.4 Å². The Morgan fingerprint density at radius 3 is 2.18 bits per heavy atom. The van der Waals surface area contributed by atoms with Crippen molar-refractivity contribution in [1.29, 1.82) is 0 Å². The lowest BCUT2D eigenvalue weighted by molar-refractivity contribution is -0.141. The predicted molar refractivity (Wildman–Crippen MR) is 129 cm³/mol. The summed E-state index contributed by atoms with van der Waals surface area (Å²) in [5, 5.41) is 5.31. The van der Waals surface area contributed by atoms with Crippen LogP contribution in [-0.4, -0.2) is 34.7 Å². The van der Waals surface area contributed by atoms with Crippen molar-refractivity contribution in [2.24, 2.45) is 0 Å². The molecular weight excluding hydrogens is 430 g/mol. The molecule has 3 aromatic rings. The Labute approximate surface area is 199 Å². The summed E-state index contributed by atoms with van der Waals surface area (Å²) in [5.41, 5.74) is 3.22. The molecule has 0 unspecified atom stereocenters. The third-order valence-electron chi connectivity index (χ3n) is 5.23. The molecule has 1 aromatic heterocycles. The molecule has 7 nitrogen and oxygen atoms in total. The second-order valence-electron chi connectivity index (χ2n) is 8.01. The van der Waals surface area contributed by atoms with Gasteiger partial charge < -0.3 is 15.4 Å². The van der Waals surface area contributed by atoms with E-state index in [1.165, 1.54) is 0 Å². The van der Waals surface area contributed by atoms with Gasteiger partial charge >= 0.3 is 0 Å². The first-order chi connectivity index (χ1) is 16.4. The number of carbonyl (C=O) groups excluding carboxylic acids is 3. The first-order valence-corrected chi connectivity index (χ1v) is 11.2. The van der Waals surface area contributed by atoms with E-state index in [0.717, 1.165) is 16.8 Å². The molecule has 7 heteroatoms. The van der Waals surface area contributed by atoms with Gasteiger partial charge in [0.05, 0.1) is 18.8 Å². The van der Waals surface area contributed by atoms with Crippen LogP contribution in [-0.2, 0) is 38.7 Å². The van der Waals surface area contributed by atoms with Crippen LogP contribution in [0.5, 0.6) is 0 Å². The standard InChI is InChI=1S/C27H29N3O4/c1-19-10-9-15-23(29-19)17-28-27(33)25(31)24(16-21-11-5-3-6-12-21)30-26(32)20(2)34-18-22-13-7-4-8-14-22/h3-15,20,24H,16-18H2,1-2H3,(H,28,33)(H,30,32)/t20-,24-/m1/s1. The van der Waals surface area contributed by atoms with Crippen molar-refractivity contribution in [3.8, 4) is 0 Å². The van der Waals surface area contributed by atoms with Gasteiger partial charge in [-0.25, -0.2) is 0 Å². The molecule has 2 aromatic carbocycles. The van der Waals surface area contributed by atoms with Gasteiger partial charge in [-0.15, -0.1) is 0 Å². The molecule has 0 bridgehead atoms. The number of ether oxygens (including phenoxy) is 1. The molecule has 2 amide bonds. The third-order valence-corrected chi connectivity index (χ3v) is 5.23. The SMILES string of the molecule is Cc1cccc(CNC(=O)C(=O)[C@@H](Cc2ccccc2)NC(=O)[C@@H](C)OCc2ccccc2)n1. The molecule has 0 aliphatic rings. The van der Waals surface area contributed by atoms with E-state index in [2.05, 4.69) is 15.6 Å². The highest BCUT2D eigenvalue weighted by atomic mass is 16.5. The van der Waals surface area contributed by atoms with Crippen molar-refractivity contribution in [2.45, 2.75) is 45.6 Å². The van der Waals surface area contributed by atoms with Gasteiger partial charge in [-0.1, -0.05) is 66.7 Å². The number of aryl methyl sites for hydroxylation is 1. The normalized spacial score (nSPS) is 12.4. The molecule has 2 N–H and O–H groups in total. The number of nitrogens with zero attached hydrogens (tertiary/aromatic N) is 1. The number of benzene rings is 2. The summed E-state index contributed by atoms with van der Waals surface area (Å²) in [4.78, 5) is 42.7. The van der Waals surface area contributed by atoms with E-state index in [0.29, 0.717) is 5.69 Å². The maximum Gasteiger partial charge on any atom is 0.289 e. The number of pyridine rings is 1. The lowest BCUT2D eigenvalue weighted by Crippen LogP contribution is -2.51. The summed E-state index contributed by atoms with van der Waals surface area (Å²) in [5.74, 6) is -1.96. The van der Waals surface area contributed by atoms with Gasteiger partial charge in [0.1, 0.15) is 12.1 Å². The van der Waals surface area contributed by atoms with E-state index in [1.807, 2.05) is 79.7 Å². The molecule has 1 heterocycles. The number of hydrogen-bond donors (Lipinski definition) is 2. The fraction of sp³-hybridized carbons (Fsp3) is 0.259. The topological polar surface area (TPSA) is 97.4 Å². The summed E-state index contributed by atoms with van der Waals surface area (Å²) < 4.78 is 5.67. The smallest absolute Gasteiger partial charge is 0.289 e. The zero-order valence-electron chi connectivity index (χ0n) is 19.4. The Balaban J connectivity index is 1.63. The van der Waals surface area contributed by atoms with Gasteiger partial charge in [0.25, 0.3) is 5.91 Å². The van der Waals surface area contributed by atoms with Crippen molar-refractivity contribution >= 4 is 17.6 Å². The molecule has 0 spiro atoms. The number of carbonyl (C=O) groups is 3. The number of aromatic nitrogens is 1. The lowest BCUT2D eigenvalue weighted by atomic mass is 10.0. The first kappa shape index (κ1) is 24.8. The highest BCUT2D eigenvalue weighted by Crippen LogP contribution is 2.08. The number of hydrogen-bond acceptors (Lipinski definition) is 5. The lowest BCUT2D eigenvalue weighted by Gasteiger charge is -2.20. The predicted octanol–water partition coefficient (Wildman–Crippen LogP) is 2.91. The Hall–Kier alpha value is -3.84. The Morgan fingerprint density at radius 2 is 1.53 bits per heavy atom. The van der Waals surface area contributed by atoms with Gasteiger partial charge in [0.15, 0.2) is 0 Å². The molecule has 2 atom stereocenters. The van der Waals surface area contributed by atoms with Crippen LogP contribution in [0.4, 0.5) is 0 Å². The van der Waals surface area contributed by atoms with Gasteiger partial charge in [-0.3, -0.25) is 19.4 Å². The zero-order chi connectivity index (χ0) is 24.3. The summed E-state index contributed by atoms with van der Waals surface area (Å²) in [6.07, 6.45) is -0.613. The van der Waals surface area contributed by atoms with Gasteiger partial charge in [-0.2, -0.15) is 0 Å². The maximum atomic E-state index is 13.0. The van der Waals surface area contributed by atoms with E-state index in [1.54, 1.807) is 13.0 Å². The quantitative estimate of drug-likeness (QED) is 0.430. The summed E-state index contributed by atoms with van der Waals surface area (Å²) >= 11 is 0. The second-order valence-corrected chi connectivity index (χ2v) is 8.01. The average molecular weight is 460 g/mol. The molecule has 0 radical (unpaired) electrons. The van der Waals surface area contributed by atoms with Crippen LogP contribution in [0.15, 0.2) is 78.9 Å². The van der Waals surface area contributed by atoms with E-state index in [9.17, 15) is 14.4 Å². The van der Waals surface area contributed by atoms with E-state index < -0.39 is 29.7 Å². The van der Waals surface area contributed by atoms with Gasteiger partial charge in [-0.05, 0) is 37.1 Å². The van der Waals surface area contributed by atoms with Crippen LogP contribution >= 0.6 is 0 Å². The minimum atomic E-state index is -1.02. The number of nitrogens with one attached hydrogen (secondary N) is 2. The van der Waals surface area contributed by atoms with E-state index in [4.69, 9.17) is 4.74 Å². The zero-order valence-corrected chi connectivity index (χ0v) is 19.4. The van der Waals surface area contributed by atoms with Crippen molar-refractivity contribution in [3.05, 3.63) is 101 Å². The molecule has 34 heavy (non-hydrogen) atoms. The minimum Gasteiger partial charge on any atom is -0.364 e. The molecule has 0 saturated heterocycles. The molecule has 176 valence electrons. The third kappa shape index (κ3) is 7.64.